The smallest absolute Gasteiger partial charge is 0.257 e. The van der Waals surface area contributed by atoms with Gasteiger partial charge in [0.15, 0.2) is 0 Å². The van der Waals surface area contributed by atoms with Crippen LogP contribution in [0.25, 0.3) is 0 Å². The van der Waals surface area contributed by atoms with Crippen LogP contribution in [0.2, 0.25) is 0 Å². The second-order valence-electron chi connectivity index (χ2n) is 5.29. The van der Waals surface area contributed by atoms with E-state index in [0.717, 1.165) is 25.9 Å². The molecule has 0 bridgehead atoms. The van der Waals surface area contributed by atoms with E-state index in [4.69, 9.17) is 4.42 Å². The molecular formula is C14H22N2O2. The lowest BCUT2D eigenvalue weighted by Gasteiger charge is -2.38. The highest BCUT2D eigenvalue weighted by atomic mass is 16.3. The van der Waals surface area contributed by atoms with Crippen molar-refractivity contribution in [1.82, 2.24) is 9.80 Å². The Morgan fingerprint density at radius 1 is 1.44 bits per heavy atom. The van der Waals surface area contributed by atoms with Crippen molar-refractivity contribution in [2.75, 3.05) is 20.1 Å². The number of carbonyl (C=O) groups is 1. The van der Waals surface area contributed by atoms with Crippen molar-refractivity contribution in [3.63, 3.8) is 0 Å². The summed E-state index contributed by atoms with van der Waals surface area (Å²) < 4.78 is 4.97. The number of hydrogen-bond donors (Lipinski definition) is 0. The minimum Gasteiger partial charge on any atom is -0.472 e. The first kappa shape index (κ1) is 13.1. The highest BCUT2D eigenvalue weighted by Crippen LogP contribution is 2.19. The van der Waals surface area contributed by atoms with E-state index in [2.05, 4.69) is 18.7 Å². The molecule has 0 N–H and O–H groups in total. The van der Waals surface area contributed by atoms with Crippen LogP contribution < -0.4 is 0 Å². The second-order valence-corrected chi connectivity index (χ2v) is 5.29. The minimum atomic E-state index is 0.0618. The van der Waals surface area contributed by atoms with E-state index < -0.39 is 0 Å². The van der Waals surface area contributed by atoms with Gasteiger partial charge in [-0.1, -0.05) is 0 Å². The Bertz CT molecular complexity index is 379. The summed E-state index contributed by atoms with van der Waals surface area (Å²) in [4.78, 5) is 16.5. The lowest BCUT2D eigenvalue weighted by Crippen LogP contribution is -2.47. The maximum Gasteiger partial charge on any atom is 0.257 e. The van der Waals surface area contributed by atoms with Crippen LogP contribution >= 0.6 is 0 Å². The van der Waals surface area contributed by atoms with E-state index >= 15 is 0 Å². The zero-order valence-electron chi connectivity index (χ0n) is 11.4. The average molecular weight is 250 g/mol. The van der Waals surface area contributed by atoms with Gasteiger partial charge in [-0.25, -0.2) is 0 Å². The molecule has 1 aliphatic heterocycles. The molecule has 18 heavy (non-hydrogen) atoms. The molecule has 4 heteroatoms. The number of rotatable bonds is 3. The third-order valence-corrected chi connectivity index (χ3v) is 3.87. The van der Waals surface area contributed by atoms with Crippen molar-refractivity contribution < 1.29 is 9.21 Å². The van der Waals surface area contributed by atoms with Gasteiger partial charge in [-0.3, -0.25) is 4.79 Å². The van der Waals surface area contributed by atoms with E-state index in [1.165, 1.54) is 6.26 Å². The normalized spacial score (nSPS) is 18.2. The molecule has 2 heterocycles. The summed E-state index contributed by atoms with van der Waals surface area (Å²) in [6.07, 6.45) is 5.17. The van der Waals surface area contributed by atoms with Gasteiger partial charge in [-0.15, -0.1) is 0 Å². The second kappa shape index (κ2) is 5.57. The molecule has 1 aromatic rings. The van der Waals surface area contributed by atoms with Gasteiger partial charge in [0.25, 0.3) is 5.91 Å². The topological polar surface area (TPSA) is 36.7 Å². The van der Waals surface area contributed by atoms with E-state index in [0.29, 0.717) is 17.6 Å². The van der Waals surface area contributed by atoms with Crippen molar-refractivity contribution in [3.05, 3.63) is 24.2 Å². The van der Waals surface area contributed by atoms with Crippen LogP contribution in [0.15, 0.2) is 23.0 Å². The first-order chi connectivity index (χ1) is 8.59. The van der Waals surface area contributed by atoms with Gasteiger partial charge < -0.3 is 14.2 Å². The standard InChI is InChI=1S/C14H22N2O2/c1-11(2)16-7-4-13(5-8-16)15(3)14(17)12-6-9-18-10-12/h6,9-11,13H,4-5,7-8H2,1-3H3. The Hall–Kier alpha value is -1.29. The largest absolute Gasteiger partial charge is 0.472 e. The van der Waals surface area contributed by atoms with Crippen molar-refractivity contribution in [3.8, 4) is 0 Å². The Kier molecular flexibility index (Phi) is 4.07. The number of likely N-dealkylation sites (tertiary alicyclic amines) is 1. The van der Waals surface area contributed by atoms with E-state index in [-0.39, 0.29) is 5.91 Å². The molecule has 2 rings (SSSR count). The predicted molar refractivity (Wildman–Crippen MR) is 70.5 cm³/mol. The zero-order valence-corrected chi connectivity index (χ0v) is 11.4. The number of piperidine rings is 1. The van der Waals surface area contributed by atoms with Crippen LogP contribution in [0.4, 0.5) is 0 Å². The van der Waals surface area contributed by atoms with Gasteiger partial charge in [0.1, 0.15) is 6.26 Å². The first-order valence-corrected chi connectivity index (χ1v) is 6.63. The highest BCUT2D eigenvalue weighted by molar-refractivity contribution is 5.93. The Balaban J connectivity index is 1.91. The fraction of sp³-hybridized carbons (Fsp3) is 0.643. The fourth-order valence-corrected chi connectivity index (χ4v) is 2.55. The quantitative estimate of drug-likeness (QED) is 0.825. The molecule has 0 atom stereocenters. The predicted octanol–water partition coefficient (Wildman–Crippen LogP) is 2.22. The van der Waals surface area contributed by atoms with Crippen molar-refractivity contribution in [1.29, 1.82) is 0 Å². The summed E-state index contributed by atoms with van der Waals surface area (Å²) in [5.41, 5.74) is 0.642. The summed E-state index contributed by atoms with van der Waals surface area (Å²) in [6.45, 7) is 6.60. The van der Waals surface area contributed by atoms with Crippen molar-refractivity contribution in [2.45, 2.75) is 38.8 Å². The van der Waals surface area contributed by atoms with E-state index in [9.17, 15) is 4.79 Å². The number of hydrogen-bond acceptors (Lipinski definition) is 3. The zero-order chi connectivity index (χ0) is 13.1. The molecule has 0 unspecified atom stereocenters. The summed E-state index contributed by atoms with van der Waals surface area (Å²) in [7, 11) is 1.89. The number of nitrogens with zero attached hydrogens (tertiary/aromatic N) is 2. The summed E-state index contributed by atoms with van der Waals surface area (Å²) in [5, 5.41) is 0. The fourth-order valence-electron chi connectivity index (χ4n) is 2.55. The number of furan rings is 1. The minimum absolute atomic E-state index is 0.0618. The molecule has 100 valence electrons. The third-order valence-electron chi connectivity index (χ3n) is 3.87. The Morgan fingerprint density at radius 2 is 2.11 bits per heavy atom. The average Bonchev–Trinajstić information content (AvgIpc) is 2.91. The Morgan fingerprint density at radius 3 is 2.61 bits per heavy atom. The maximum absolute atomic E-state index is 12.2. The first-order valence-electron chi connectivity index (χ1n) is 6.63. The maximum atomic E-state index is 12.2. The van der Waals surface area contributed by atoms with E-state index in [1.54, 1.807) is 12.3 Å². The monoisotopic (exact) mass is 250 g/mol. The molecule has 0 spiro atoms. The van der Waals surface area contributed by atoms with Crippen LogP contribution in [0.1, 0.15) is 37.0 Å². The highest BCUT2D eigenvalue weighted by Gasteiger charge is 2.27. The van der Waals surface area contributed by atoms with E-state index in [1.807, 2.05) is 11.9 Å². The van der Waals surface area contributed by atoms with Crippen LogP contribution in [-0.4, -0.2) is 47.9 Å². The molecule has 0 aromatic carbocycles. The molecular weight excluding hydrogens is 228 g/mol. The summed E-state index contributed by atoms with van der Waals surface area (Å²) >= 11 is 0. The molecule has 1 aliphatic rings. The van der Waals surface area contributed by atoms with Crippen LogP contribution in [0.5, 0.6) is 0 Å². The summed E-state index contributed by atoms with van der Waals surface area (Å²) in [6, 6.07) is 2.67. The molecule has 1 amide bonds. The van der Waals surface area contributed by atoms with Gasteiger partial charge >= 0.3 is 0 Å². The molecule has 0 radical (unpaired) electrons. The van der Waals surface area contributed by atoms with Crippen molar-refractivity contribution in [2.24, 2.45) is 0 Å². The molecule has 0 aliphatic carbocycles. The van der Waals surface area contributed by atoms with Gasteiger partial charge in [-0.05, 0) is 32.8 Å². The lowest BCUT2D eigenvalue weighted by molar-refractivity contribution is 0.0614. The molecule has 1 fully saturated rings. The van der Waals surface area contributed by atoms with Gasteiger partial charge in [0.2, 0.25) is 0 Å². The number of amides is 1. The van der Waals surface area contributed by atoms with Gasteiger partial charge in [0.05, 0.1) is 11.8 Å². The van der Waals surface area contributed by atoms with Crippen LogP contribution in [0.3, 0.4) is 0 Å². The molecule has 1 saturated heterocycles. The molecule has 0 saturated carbocycles. The third kappa shape index (κ3) is 2.75. The molecule has 1 aromatic heterocycles. The van der Waals surface area contributed by atoms with Crippen molar-refractivity contribution >= 4 is 5.91 Å². The SMILES string of the molecule is CC(C)N1CCC(N(C)C(=O)c2ccoc2)CC1. The van der Waals surface area contributed by atoms with Gasteiger partial charge in [0, 0.05) is 32.2 Å². The number of carbonyl (C=O) groups excluding carboxylic acids is 1. The van der Waals surface area contributed by atoms with Crippen LogP contribution in [0, 0.1) is 0 Å². The summed E-state index contributed by atoms with van der Waals surface area (Å²) in [5.74, 6) is 0.0618. The van der Waals surface area contributed by atoms with Crippen LogP contribution in [-0.2, 0) is 0 Å². The molecule has 4 nitrogen and oxygen atoms in total. The lowest BCUT2D eigenvalue weighted by atomic mass is 10.0. The van der Waals surface area contributed by atoms with Gasteiger partial charge in [-0.2, -0.15) is 0 Å². The Labute approximate surface area is 109 Å².